The van der Waals surface area contributed by atoms with Gasteiger partial charge in [-0.2, -0.15) is 0 Å². The van der Waals surface area contributed by atoms with Gasteiger partial charge in [-0.1, -0.05) is 283 Å². The Morgan fingerprint density at radius 2 is 0.476 bits per heavy atom. The van der Waals surface area contributed by atoms with Crippen molar-refractivity contribution in [1.29, 1.82) is 0 Å². The first-order valence-corrected chi connectivity index (χ1v) is 34.2. The quantitative estimate of drug-likeness (QED) is 0.0261. The molecular formula is C76H126O6. The van der Waals surface area contributed by atoms with E-state index in [-0.39, 0.29) is 31.1 Å². The highest BCUT2D eigenvalue weighted by molar-refractivity contribution is 5.71. The monoisotopic (exact) mass is 1130 g/mol. The van der Waals surface area contributed by atoms with Gasteiger partial charge in [0, 0.05) is 19.3 Å². The highest BCUT2D eigenvalue weighted by Crippen LogP contribution is 2.15. The minimum absolute atomic E-state index is 0.0910. The van der Waals surface area contributed by atoms with Gasteiger partial charge in [-0.3, -0.25) is 14.4 Å². The lowest BCUT2D eigenvalue weighted by molar-refractivity contribution is -0.167. The van der Waals surface area contributed by atoms with Gasteiger partial charge in [0.15, 0.2) is 6.10 Å². The SMILES string of the molecule is CC/C=C\C/C=C\C/C=C\C/C=C\C/C=C\C/C=C\C/C=C\C/C=C\C/C=C\CCCCCCCC(=O)OCC(COC(=O)CCCCCCC/C=C\CCCCC)OC(=O)CCCCCCCCCCC/C=C\CCCCCCCC. The van der Waals surface area contributed by atoms with Crippen molar-refractivity contribution in [3.8, 4) is 0 Å². The van der Waals surface area contributed by atoms with Crippen molar-refractivity contribution in [2.24, 2.45) is 0 Å². The van der Waals surface area contributed by atoms with Crippen LogP contribution in [0.2, 0.25) is 0 Å². The van der Waals surface area contributed by atoms with Gasteiger partial charge < -0.3 is 14.2 Å². The van der Waals surface area contributed by atoms with E-state index in [1.54, 1.807) is 0 Å². The van der Waals surface area contributed by atoms with E-state index >= 15 is 0 Å². The summed E-state index contributed by atoms with van der Waals surface area (Å²) >= 11 is 0. The predicted molar refractivity (Wildman–Crippen MR) is 357 cm³/mol. The van der Waals surface area contributed by atoms with E-state index in [2.05, 4.69) is 154 Å². The van der Waals surface area contributed by atoms with Gasteiger partial charge >= 0.3 is 17.9 Å². The number of carbonyl (C=O) groups is 3. The zero-order valence-electron chi connectivity index (χ0n) is 53.5. The molecule has 82 heavy (non-hydrogen) atoms. The van der Waals surface area contributed by atoms with Crippen LogP contribution in [0.4, 0.5) is 0 Å². The predicted octanol–water partition coefficient (Wildman–Crippen LogP) is 23.7. The Morgan fingerprint density at radius 3 is 0.780 bits per heavy atom. The molecule has 0 aliphatic rings. The summed E-state index contributed by atoms with van der Waals surface area (Å²) in [5, 5.41) is 0. The standard InChI is InChI=1S/C76H126O6/c1-4-7-10-13-16-19-22-25-27-29-31-32-33-34-35-36-37-38-39-40-41-42-43-44-46-47-49-51-54-57-60-63-66-69-75(78)81-72-73(71-80-74(77)68-65-62-59-56-53-24-21-18-15-12-9-6-3)82-76(79)70-67-64-61-58-55-52-50-48-45-30-28-26-23-20-17-14-11-8-5-2/h7,10,16,18-19,21,25-28,31-32,34-35,37-38,40-41,43-44,47,49,73H,4-6,8-9,11-15,17,20,22-24,29-30,33,36,39,42,45-46,48,50-72H2,1-3H3/b10-7-,19-16-,21-18-,27-25-,28-26-,32-31-,35-34-,38-37-,41-40-,44-43-,49-47-. The normalized spacial score (nSPS) is 13.0. The number of hydrogen-bond acceptors (Lipinski definition) is 6. The number of unbranched alkanes of at least 4 members (excludes halogenated alkanes) is 28. The van der Waals surface area contributed by atoms with Crippen LogP contribution in [0.15, 0.2) is 134 Å². The van der Waals surface area contributed by atoms with Crippen LogP contribution in [0.3, 0.4) is 0 Å². The molecule has 0 aromatic heterocycles. The lowest BCUT2D eigenvalue weighted by atomic mass is 10.1. The van der Waals surface area contributed by atoms with Crippen LogP contribution < -0.4 is 0 Å². The zero-order valence-corrected chi connectivity index (χ0v) is 53.5. The summed E-state index contributed by atoms with van der Waals surface area (Å²) in [6, 6.07) is 0. The van der Waals surface area contributed by atoms with E-state index in [9.17, 15) is 14.4 Å². The maximum Gasteiger partial charge on any atom is 0.306 e. The molecule has 1 atom stereocenters. The summed E-state index contributed by atoms with van der Waals surface area (Å²) < 4.78 is 16.9. The van der Waals surface area contributed by atoms with E-state index in [4.69, 9.17) is 14.2 Å². The molecule has 0 radical (unpaired) electrons. The first-order valence-electron chi connectivity index (χ1n) is 34.2. The van der Waals surface area contributed by atoms with Crippen molar-refractivity contribution in [2.45, 2.75) is 316 Å². The van der Waals surface area contributed by atoms with Crippen LogP contribution in [0.25, 0.3) is 0 Å². The summed E-state index contributed by atoms with van der Waals surface area (Å²) in [6.07, 6.45) is 97.5. The first kappa shape index (κ1) is 77.5. The van der Waals surface area contributed by atoms with Crippen LogP contribution in [0.1, 0.15) is 310 Å². The lowest BCUT2D eigenvalue weighted by Crippen LogP contribution is -2.30. The molecule has 0 heterocycles. The molecule has 466 valence electrons. The van der Waals surface area contributed by atoms with Crippen LogP contribution >= 0.6 is 0 Å². The van der Waals surface area contributed by atoms with E-state index in [0.29, 0.717) is 19.3 Å². The minimum Gasteiger partial charge on any atom is -0.462 e. The molecule has 0 rings (SSSR count). The minimum atomic E-state index is -0.795. The molecule has 0 saturated heterocycles. The van der Waals surface area contributed by atoms with Gasteiger partial charge in [-0.05, 0) is 141 Å². The first-order chi connectivity index (χ1) is 40.5. The Bertz CT molecular complexity index is 1730. The molecule has 1 unspecified atom stereocenters. The third-order valence-corrected chi connectivity index (χ3v) is 14.4. The van der Waals surface area contributed by atoms with Crippen molar-refractivity contribution >= 4 is 17.9 Å². The second-order valence-corrected chi connectivity index (χ2v) is 22.3. The zero-order chi connectivity index (χ0) is 59.2. The maximum absolute atomic E-state index is 12.9. The van der Waals surface area contributed by atoms with Crippen LogP contribution in [-0.4, -0.2) is 37.2 Å². The summed E-state index contributed by atoms with van der Waals surface area (Å²) in [5.74, 6) is -0.916. The smallest absolute Gasteiger partial charge is 0.306 e. The second-order valence-electron chi connectivity index (χ2n) is 22.3. The Hall–Kier alpha value is -4.45. The molecule has 6 nitrogen and oxygen atoms in total. The second kappa shape index (κ2) is 69.0. The number of hydrogen-bond donors (Lipinski definition) is 0. The largest absolute Gasteiger partial charge is 0.462 e. The van der Waals surface area contributed by atoms with Crippen molar-refractivity contribution in [1.82, 2.24) is 0 Å². The average molecular weight is 1140 g/mol. The molecule has 0 amide bonds. The molecule has 6 heteroatoms. The molecule has 0 aliphatic carbocycles. The fourth-order valence-corrected chi connectivity index (χ4v) is 9.25. The Morgan fingerprint density at radius 1 is 0.256 bits per heavy atom. The molecule has 0 N–H and O–H groups in total. The topological polar surface area (TPSA) is 78.9 Å². The third-order valence-electron chi connectivity index (χ3n) is 14.4. The highest BCUT2D eigenvalue weighted by Gasteiger charge is 2.19. The summed E-state index contributed by atoms with van der Waals surface area (Å²) in [6.45, 7) is 6.49. The van der Waals surface area contributed by atoms with Crippen LogP contribution in [0.5, 0.6) is 0 Å². The van der Waals surface area contributed by atoms with Gasteiger partial charge in [0.05, 0.1) is 0 Å². The summed E-state index contributed by atoms with van der Waals surface area (Å²) in [5.41, 5.74) is 0. The molecular weight excluding hydrogens is 1010 g/mol. The average Bonchev–Trinajstić information content (AvgIpc) is 3.47. The van der Waals surface area contributed by atoms with Crippen LogP contribution in [0, 0.1) is 0 Å². The number of carbonyl (C=O) groups excluding carboxylic acids is 3. The van der Waals surface area contributed by atoms with Gasteiger partial charge in [0.1, 0.15) is 13.2 Å². The molecule has 0 fully saturated rings. The van der Waals surface area contributed by atoms with Crippen molar-refractivity contribution in [3.63, 3.8) is 0 Å². The van der Waals surface area contributed by atoms with Gasteiger partial charge in [-0.15, -0.1) is 0 Å². The van der Waals surface area contributed by atoms with E-state index < -0.39 is 6.10 Å². The van der Waals surface area contributed by atoms with Crippen molar-refractivity contribution in [2.75, 3.05) is 13.2 Å². The van der Waals surface area contributed by atoms with E-state index in [1.807, 2.05) is 0 Å². The lowest BCUT2D eigenvalue weighted by Gasteiger charge is -2.18. The number of esters is 3. The molecule has 0 aromatic rings. The van der Waals surface area contributed by atoms with Crippen molar-refractivity contribution in [3.05, 3.63) is 134 Å². The van der Waals surface area contributed by atoms with E-state index in [1.165, 1.54) is 128 Å². The Kier molecular flexibility index (Phi) is 65.3. The number of allylic oxidation sites excluding steroid dienone is 22. The molecule has 0 aliphatic heterocycles. The molecule has 0 bridgehead atoms. The molecule has 0 aromatic carbocycles. The Labute approximate surface area is 506 Å². The van der Waals surface area contributed by atoms with Gasteiger partial charge in [0.2, 0.25) is 0 Å². The van der Waals surface area contributed by atoms with Gasteiger partial charge in [0.25, 0.3) is 0 Å². The Balaban J connectivity index is 4.32. The number of ether oxygens (including phenoxy) is 3. The maximum atomic E-state index is 12.9. The molecule has 0 spiro atoms. The third kappa shape index (κ3) is 66.4. The fourth-order valence-electron chi connectivity index (χ4n) is 9.25. The number of rotatable bonds is 61. The van der Waals surface area contributed by atoms with E-state index in [0.717, 1.165) is 141 Å². The van der Waals surface area contributed by atoms with Crippen molar-refractivity contribution < 1.29 is 28.6 Å². The highest BCUT2D eigenvalue weighted by atomic mass is 16.6. The van der Waals surface area contributed by atoms with Gasteiger partial charge in [-0.25, -0.2) is 0 Å². The van der Waals surface area contributed by atoms with Crippen LogP contribution in [-0.2, 0) is 28.6 Å². The fraction of sp³-hybridized carbons (Fsp3) is 0.671. The molecule has 0 saturated carbocycles. The summed E-state index contributed by atoms with van der Waals surface area (Å²) in [7, 11) is 0. The summed E-state index contributed by atoms with van der Waals surface area (Å²) in [4.78, 5) is 38.3.